The topological polar surface area (TPSA) is 93.1 Å². The third-order valence-corrected chi connectivity index (χ3v) is 6.99. The Balaban J connectivity index is 1.36. The second-order valence-electron chi connectivity index (χ2n) is 6.44. The number of thiophene rings is 1. The number of benzene rings is 2. The lowest BCUT2D eigenvalue weighted by Gasteiger charge is -2.07. The van der Waals surface area contributed by atoms with Crippen LogP contribution >= 0.6 is 11.3 Å². The Bertz CT molecular complexity index is 1230. The van der Waals surface area contributed by atoms with Gasteiger partial charge in [0.05, 0.1) is 12.1 Å². The molecule has 30 heavy (non-hydrogen) atoms. The van der Waals surface area contributed by atoms with E-state index in [4.69, 9.17) is 0 Å². The Morgan fingerprint density at radius 1 is 0.967 bits per heavy atom. The summed E-state index contributed by atoms with van der Waals surface area (Å²) >= 11 is 1.15. The van der Waals surface area contributed by atoms with Gasteiger partial charge in [0.2, 0.25) is 5.91 Å². The maximum absolute atomic E-state index is 12.3. The highest BCUT2D eigenvalue weighted by Gasteiger charge is 2.15. The second kappa shape index (κ2) is 8.52. The predicted octanol–water partition coefficient (Wildman–Crippen LogP) is 3.92. The van der Waals surface area contributed by atoms with Gasteiger partial charge in [0, 0.05) is 18.0 Å². The third kappa shape index (κ3) is 4.76. The van der Waals surface area contributed by atoms with Crippen molar-refractivity contribution in [3.05, 3.63) is 89.9 Å². The summed E-state index contributed by atoms with van der Waals surface area (Å²) in [6, 6.07) is 21.3. The molecule has 0 aliphatic rings. The number of hydrogen-bond acceptors (Lipinski definition) is 5. The van der Waals surface area contributed by atoms with Crippen molar-refractivity contribution < 1.29 is 13.2 Å². The van der Waals surface area contributed by atoms with Crippen molar-refractivity contribution >= 4 is 38.8 Å². The van der Waals surface area contributed by atoms with E-state index in [0.29, 0.717) is 11.5 Å². The highest BCUT2D eigenvalue weighted by Crippen LogP contribution is 2.20. The number of para-hydroxylation sites is 1. The molecule has 0 fully saturated rings. The Morgan fingerprint density at radius 3 is 2.43 bits per heavy atom. The van der Waals surface area contributed by atoms with Crippen molar-refractivity contribution in [2.24, 2.45) is 0 Å². The fourth-order valence-electron chi connectivity index (χ4n) is 2.80. The van der Waals surface area contributed by atoms with Crippen LogP contribution in [-0.2, 0) is 21.2 Å². The lowest BCUT2D eigenvalue weighted by Crippen LogP contribution is -2.15. The van der Waals surface area contributed by atoms with Crippen LogP contribution in [0.3, 0.4) is 0 Å². The van der Waals surface area contributed by atoms with Gasteiger partial charge in [-0.25, -0.2) is 13.1 Å². The van der Waals surface area contributed by atoms with Crippen LogP contribution in [0.15, 0.2) is 88.6 Å². The van der Waals surface area contributed by atoms with Gasteiger partial charge in [0.1, 0.15) is 4.21 Å². The van der Waals surface area contributed by atoms with Gasteiger partial charge in [-0.05, 0) is 41.3 Å². The maximum Gasteiger partial charge on any atom is 0.271 e. The van der Waals surface area contributed by atoms with Crippen molar-refractivity contribution in [2.75, 3.05) is 10.0 Å². The summed E-state index contributed by atoms with van der Waals surface area (Å²) in [5, 5.41) is 8.83. The van der Waals surface area contributed by atoms with E-state index in [1.807, 2.05) is 30.3 Å². The first-order chi connectivity index (χ1) is 14.5. The molecule has 152 valence electrons. The van der Waals surface area contributed by atoms with Gasteiger partial charge in [0.15, 0.2) is 5.82 Å². The average molecular weight is 439 g/mol. The number of rotatable bonds is 7. The Kier molecular flexibility index (Phi) is 5.64. The number of nitrogens with zero attached hydrogens (tertiary/aromatic N) is 2. The number of anilines is 2. The molecule has 0 unspecified atom stereocenters. The SMILES string of the molecule is O=C(Cc1ccc(NS(=O)(=O)c2cccs2)cc1)Nc1ccn(-c2ccccc2)n1. The fraction of sp³-hybridized carbons (Fsp3) is 0.0476. The molecule has 0 saturated heterocycles. The van der Waals surface area contributed by atoms with E-state index in [-0.39, 0.29) is 16.5 Å². The molecule has 9 heteroatoms. The van der Waals surface area contributed by atoms with E-state index in [2.05, 4.69) is 15.1 Å². The van der Waals surface area contributed by atoms with Crippen LogP contribution in [0.4, 0.5) is 11.5 Å². The van der Waals surface area contributed by atoms with E-state index < -0.39 is 10.0 Å². The predicted molar refractivity (Wildman–Crippen MR) is 117 cm³/mol. The molecule has 0 saturated carbocycles. The van der Waals surface area contributed by atoms with Gasteiger partial charge in [-0.2, -0.15) is 5.10 Å². The summed E-state index contributed by atoms with van der Waals surface area (Å²) < 4.78 is 29.0. The van der Waals surface area contributed by atoms with Gasteiger partial charge in [0.25, 0.3) is 10.0 Å². The number of carbonyl (C=O) groups excluding carboxylic acids is 1. The highest BCUT2D eigenvalue weighted by molar-refractivity contribution is 7.94. The third-order valence-electron chi connectivity index (χ3n) is 4.21. The molecule has 7 nitrogen and oxygen atoms in total. The largest absolute Gasteiger partial charge is 0.309 e. The zero-order valence-corrected chi connectivity index (χ0v) is 17.4. The number of carbonyl (C=O) groups is 1. The first-order valence-electron chi connectivity index (χ1n) is 9.06. The van der Waals surface area contributed by atoms with Crippen molar-refractivity contribution in [1.29, 1.82) is 0 Å². The van der Waals surface area contributed by atoms with Crippen LogP contribution in [-0.4, -0.2) is 24.1 Å². The Morgan fingerprint density at radius 2 is 1.73 bits per heavy atom. The number of amides is 1. The number of nitrogens with one attached hydrogen (secondary N) is 2. The number of aromatic nitrogens is 2. The molecule has 0 bridgehead atoms. The summed E-state index contributed by atoms with van der Waals surface area (Å²) in [6.07, 6.45) is 1.93. The molecule has 2 aromatic carbocycles. The minimum atomic E-state index is -3.59. The summed E-state index contributed by atoms with van der Waals surface area (Å²) in [5.74, 6) is 0.254. The Labute approximate surface area is 178 Å². The molecule has 2 heterocycles. The summed E-state index contributed by atoms with van der Waals surface area (Å²) in [6.45, 7) is 0. The molecule has 1 amide bonds. The fourth-order valence-corrected chi connectivity index (χ4v) is 4.85. The smallest absolute Gasteiger partial charge is 0.271 e. The van der Waals surface area contributed by atoms with Crippen molar-refractivity contribution in [1.82, 2.24) is 9.78 Å². The normalized spacial score (nSPS) is 11.2. The van der Waals surface area contributed by atoms with Gasteiger partial charge in [-0.1, -0.05) is 36.4 Å². The lowest BCUT2D eigenvalue weighted by atomic mass is 10.1. The van der Waals surface area contributed by atoms with E-state index >= 15 is 0 Å². The zero-order valence-electron chi connectivity index (χ0n) is 15.7. The molecule has 0 aliphatic heterocycles. The van der Waals surface area contributed by atoms with Crippen LogP contribution < -0.4 is 10.0 Å². The maximum atomic E-state index is 12.3. The molecule has 0 atom stereocenters. The molecular formula is C21H18N4O3S2. The van der Waals surface area contributed by atoms with E-state index in [0.717, 1.165) is 22.6 Å². The molecule has 4 aromatic rings. The first kappa shape index (κ1) is 19.9. The molecular weight excluding hydrogens is 420 g/mol. The summed E-state index contributed by atoms with van der Waals surface area (Å²) in [7, 11) is -3.59. The van der Waals surface area contributed by atoms with Gasteiger partial charge in [-0.3, -0.25) is 9.52 Å². The van der Waals surface area contributed by atoms with Crippen LogP contribution in [0.1, 0.15) is 5.56 Å². The first-order valence-corrected chi connectivity index (χ1v) is 11.4. The van der Waals surface area contributed by atoms with Crippen molar-refractivity contribution in [3.8, 4) is 5.69 Å². The van der Waals surface area contributed by atoms with E-state index in [1.165, 1.54) is 0 Å². The number of sulfonamides is 1. The van der Waals surface area contributed by atoms with E-state index in [1.54, 1.807) is 58.7 Å². The highest BCUT2D eigenvalue weighted by atomic mass is 32.2. The molecule has 0 spiro atoms. The average Bonchev–Trinajstić information content (AvgIpc) is 3.43. The molecule has 0 radical (unpaired) electrons. The minimum Gasteiger partial charge on any atom is -0.309 e. The molecule has 2 aromatic heterocycles. The van der Waals surface area contributed by atoms with E-state index in [9.17, 15) is 13.2 Å². The monoisotopic (exact) mass is 438 g/mol. The molecule has 2 N–H and O–H groups in total. The second-order valence-corrected chi connectivity index (χ2v) is 9.30. The minimum absolute atomic E-state index is 0.149. The van der Waals surface area contributed by atoms with Gasteiger partial charge < -0.3 is 5.32 Å². The zero-order chi connectivity index (χ0) is 21.0. The number of hydrogen-bond donors (Lipinski definition) is 2. The van der Waals surface area contributed by atoms with Crippen LogP contribution in [0.5, 0.6) is 0 Å². The summed E-state index contributed by atoms with van der Waals surface area (Å²) in [5.41, 5.74) is 2.10. The Hall–Kier alpha value is -3.43. The van der Waals surface area contributed by atoms with Crippen molar-refractivity contribution in [2.45, 2.75) is 10.6 Å². The van der Waals surface area contributed by atoms with Crippen LogP contribution in [0.25, 0.3) is 5.69 Å². The van der Waals surface area contributed by atoms with Gasteiger partial charge >= 0.3 is 0 Å². The lowest BCUT2D eigenvalue weighted by molar-refractivity contribution is -0.115. The summed E-state index contributed by atoms with van der Waals surface area (Å²) in [4.78, 5) is 12.3. The molecule has 0 aliphatic carbocycles. The van der Waals surface area contributed by atoms with Crippen LogP contribution in [0, 0.1) is 0 Å². The van der Waals surface area contributed by atoms with Crippen molar-refractivity contribution in [3.63, 3.8) is 0 Å². The standard InChI is InChI=1S/C21H18N4O3S2/c26-20(22-19-12-13-25(23-19)18-5-2-1-3-6-18)15-16-8-10-17(11-9-16)24-30(27,28)21-7-4-14-29-21/h1-14,24H,15H2,(H,22,23,26). The van der Waals surface area contributed by atoms with Gasteiger partial charge in [-0.15, -0.1) is 11.3 Å². The molecule has 4 rings (SSSR count). The quantitative estimate of drug-likeness (QED) is 0.457. The van der Waals surface area contributed by atoms with Crippen LogP contribution in [0.2, 0.25) is 0 Å².